The van der Waals surface area contributed by atoms with Crippen molar-refractivity contribution in [3.05, 3.63) is 40.1 Å². The van der Waals surface area contributed by atoms with Crippen LogP contribution in [0.1, 0.15) is 0 Å². The molecule has 1 aromatic heterocycles. The molecule has 27 heavy (non-hydrogen) atoms. The van der Waals surface area contributed by atoms with Gasteiger partial charge in [0.1, 0.15) is 5.75 Å². The number of halogens is 1. The average Bonchev–Trinajstić information content (AvgIpc) is 3.07. The second-order valence-electron chi connectivity index (χ2n) is 5.42. The molecule has 0 unspecified atom stereocenters. The van der Waals surface area contributed by atoms with E-state index in [1.54, 1.807) is 63.3 Å². The molecule has 1 heterocycles. The van der Waals surface area contributed by atoms with E-state index in [0.717, 1.165) is 0 Å². The first-order valence-corrected chi connectivity index (χ1v) is 8.64. The third-order valence-corrected chi connectivity index (χ3v) is 4.49. The Morgan fingerprint density at radius 1 is 0.926 bits per heavy atom. The van der Waals surface area contributed by atoms with Gasteiger partial charge < -0.3 is 18.9 Å². The maximum Gasteiger partial charge on any atom is 0.203 e. The van der Waals surface area contributed by atoms with Crippen molar-refractivity contribution in [2.24, 2.45) is 0 Å². The zero-order valence-corrected chi connectivity index (χ0v) is 16.8. The van der Waals surface area contributed by atoms with E-state index in [1.807, 2.05) is 0 Å². The number of nitrogens with zero attached hydrogens (tertiary/aromatic N) is 2. The first kappa shape index (κ1) is 19.1. The largest absolute Gasteiger partial charge is 0.495 e. The second kappa shape index (κ2) is 7.89. The molecule has 0 bridgehead atoms. The van der Waals surface area contributed by atoms with Gasteiger partial charge in [-0.1, -0.05) is 11.6 Å². The van der Waals surface area contributed by atoms with Crippen molar-refractivity contribution < 1.29 is 18.9 Å². The third kappa shape index (κ3) is 3.45. The fourth-order valence-electron chi connectivity index (χ4n) is 2.76. The summed E-state index contributed by atoms with van der Waals surface area (Å²) in [5, 5.41) is 7.73. The van der Waals surface area contributed by atoms with Crippen molar-refractivity contribution in [1.29, 1.82) is 0 Å². The Bertz CT molecular complexity index is 1010. The highest BCUT2D eigenvalue weighted by molar-refractivity contribution is 7.71. The van der Waals surface area contributed by atoms with Gasteiger partial charge in [0.2, 0.25) is 5.75 Å². The van der Waals surface area contributed by atoms with Gasteiger partial charge in [-0.05, 0) is 42.5 Å². The molecule has 1 N–H and O–H groups in total. The van der Waals surface area contributed by atoms with Crippen LogP contribution in [0.2, 0.25) is 5.02 Å². The van der Waals surface area contributed by atoms with Crippen LogP contribution >= 0.6 is 23.8 Å². The molecule has 3 rings (SSSR count). The molecule has 0 saturated heterocycles. The quantitative estimate of drug-likeness (QED) is 0.615. The maximum atomic E-state index is 6.19. The highest BCUT2D eigenvalue weighted by Crippen LogP contribution is 2.41. The molecule has 0 amide bonds. The molecule has 3 aromatic rings. The molecule has 0 aliphatic rings. The van der Waals surface area contributed by atoms with Crippen molar-refractivity contribution in [2.45, 2.75) is 0 Å². The highest BCUT2D eigenvalue weighted by Gasteiger charge is 2.20. The first-order chi connectivity index (χ1) is 13.0. The van der Waals surface area contributed by atoms with Crippen molar-refractivity contribution in [3.63, 3.8) is 0 Å². The summed E-state index contributed by atoms with van der Waals surface area (Å²) in [6.07, 6.45) is 0. The van der Waals surface area contributed by atoms with E-state index < -0.39 is 0 Å². The Morgan fingerprint density at radius 2 is 1.56 bits per heavy atom. The minimum atomic E-state index is 0.388. The van der Waals surface area contributed by atoms with Crippen LogP contribution in [0.25, 0.3) is 17.1 Å². The number of ether oxygens (including phenoxy) is 4. The average molecular weight is 408 g/mol. The summed E-state index contributed by atoms with van der Waals surface area (Å²) in [6, 6.07) is 8.85. The summed E-state index contributed by atoms with van der Waals surface area (Å²) in [4.78, 5) is 0. The Balaban J connectivity index is 2.28. The van der Waals surface area contributed by atoms with E-state index in [-0.39, 0.29) is 0 Å². The van der Waals surface area contributed by atoms with Crippen molar-refractivity contribution >= 4 is 23.8 Å². The lowest BCUT2D eigenvalue weighted by Gasteiger charge is -2.15. The molecule has 0 aliphatic carbocycles. The van der Waals surface area contributed by atoms with Gasteiger partial charge in [-0.2, -0.15) is 5.10 Å². The van der Waals surface area contributed by atoms with Crippen LogP contribution < -0.4 is 18.9 Å². The molecule has 142 valence electrons. The monoisotopic (exact) mass is 407 g/mol. The van der Waals surface area contributed by atoms with Crippen molar-refractivity contribution in [3.8, 4) is 40.1 Å². The van der Waals surface area contributed by atoms with Gasteiger partial charge >= 0.3 is 0 Å². The predicted octanol–water partition coefficient (Wildman–Crippen LogP) is 4.28. The van der Waals surface area contributed by atoms with Gasteiger partial charge in [0, 0.05) is 10.6 Å². The van der Waals surface area contributed by atoms with Crippen LogP contribution in [0.15, 0.2) is 30.3 Å². The zero-order chi connectivity index (χ0) is 19.6. The fraction of sp³-hybridized carbons (Fsp3) is 0.222. The summed E-state index contributed by atoms with van der Waals surface area (Å²) >= 11 is 11.6. The normalized spacial score (nSPS) is 10.6. The Kier molecular flexibility index (Phi) is 5.57. The predicted molar refractivity (Wildman–Crippen MR) is 105 cm³/mol. The smallest absolute Gasteiger partial charge is 0.203 e. The molecule has 9 heteroatoms. The van der Waals surface area contributed by atoms with E-state index in [9.17, 15) is 0 Å². The number of hydrogen-bond acceptors (Lipinski definition) is 6. The fourth-order valence-corrected chi connectivity index (χ4v) is 3.16. The van der Waals surface area contributed by atoms with Gasteiger partial charge in [0.15, 0.2) is 22.1 Å². The number of aromatic amines is 1. The number of nitrogens with one attached hydrogen (secondary N) is 1. The van der Waals surface area contributed by atoms with Crippen LogP contribution in [0.3, 0.4) is 0 Å². The molecule has 0 aliphatic heterocycles. The van der Waals surface area contributed by atoms with Crippen LogP contribution in [0.4, 0.5) is 0 Å². The third-order valence-electron chi connectivity index (χ3n) is 3.98. The summed E-state index contributed by atoms with van der Waals surface area (Å²) in [7, 11) is 6.23. The van der Waals surface area contributed by atoms with Crippen LogP contribution in [-0.2, 0) is 0 Å². The van der Waals surface area contributed by atoms with Crippen LogP contribution in [-0.4, -0.2) is 43.2 Å². The van der Waals surface area contributed by atoms with Crippen molar-refractivity contribution in [1.82, 2.24) is 14.8 Å². The van der Waals surface area contributed by atoms with E-state index >= 15 is 0 Å². The van der Waals surface area contributed by atoms with Gasteiger partial charge in [0.25, 0.3) is 0 Å². The van der Waals surface area contributed by atoms with Gasteiger partial charge in [0.05, 0.1) is 34.1 Å². The van der Waals surface area contributed by atoms with Crippen LogP contribution in [0.5, 0.6) is 23.0 Å². The molecule has 0 fully saturated rings. The Labute approximate surface area is 166 Å². The Hall–Kier alpha value is -2.71. The molecule has 2 aromatic carbocycles. The molecule has 7 nitrogen and oxygen atoms in total. The molecular formula is C18H18ClN3O4S. The minimum Gasteiger partial charge on any atom is -0.495 e. The lowest BCUT2D eigenvalue weighted by molar-refractivity contribution is 0.324. The number of H-pyrrole nitrogens is 1. The molecule has 0 spiro atoms. The number of rotatable bonds is 6. The standard InChI is InChI=1S/C18H18ClN3O4S/c1-23-13-6-5-11(19)9-12(13)22-17(20-21-18(22)27)10-7-14(24-2)16(26-4)15(8-10)25-3/h5-9H,1-4H3,(H,21,27). The summed E-state index contributed by atoms with van der Waals surface area (Å²) in [5.74, 6) is 2.64. The molecule has 0 radical (unpaired) electrons. The number of hydrogen-bond donors (Lipinski definition) is 1. The summed E-state index contributed by atoms with van der Waals surface area (Å²) < 4.78 is 23.8. The van der Waals surface area contributed by atoms with E-state index in [2.05, 4.69) is 10.2 Å². The van der Waals surface area contributed by atoms with Gasteiger partial charge in [-0.25, -0.2) is 0 Å². The summed E-state index contributed by atoms with van der Waals surface area (Å²) in [6.45, 7) is 0. The SMILES string of the molecule is COc1ccc(Cl)cc1-n1c(-c2cc(OC)c(OC)c(OC)c2)n[nH]c1=S. The highest BCUT2D eigenvalue weighted by atomic mass is 35.5. The Morgan fingerprint density at radius 3 is 2.11 bits per heavy atom. The zero-order valence-electron chi connectivity index (χ0n) is 15.2. The van der Waals surface area contributed by atoms with E-state index in [1.165, 1.54) is 0 Å². The van der Waals surface area contributed by atoms with E-state index in [0.29, 0.717) is 49.9 Å². The molecular weight excluding hydrogens is 390 g/mol. The number of benzene rings is 2. The topological polar surface area (TPSA) is 70.5 Å². The first-order valence-electron chi connectivity index (χ1n) is 7.85. The molecule has 0 atom stereocenters. The second-order valence-corrected chi connectivity index (χ2v) is 6.24. The minimum absolute atomic E-state index is 0.388. The van der Waals surface area contributed by atoms with Gasteiger partial charge in [-0.15, -0.1) is 0 Å². The lowest BCUT2D eigenvalue weighted by atomic mass is 10.1. The van der Waals surface area contributed by atoms with Crippen LogP contribution in [0, 0.1) is 4.77 Å². The lowest BCUT2D eigenvalue weighted by Crippen LogP contribution is -2.02. The van der Waals surface area contributed by atoms with Gasteiger partial charge in [-0.3, -0.25) is 9.67 Å². The molecule has 0 saturated carbocycles. The van der Waals surface area contributed by atoms with E-state index in [4.69, 9.17) is 42.8 Å². The number of methoxy groups -OCH3 is 4. The number of aromatic nitrogens is 3. The maximum absolute atomic E-state index is 6.19. The summed E-state index contributed by atoms with van der Waals surface area (Å²) in [5.41, 5.74) is 1.37. The van der Waals surface area contributed by atoms with Crippen molar-refractivity contribution in [2.75, 3.05) is 28.4 Å².